The molecule has 1 aromatic carbocycles. The third-order valence-corrected chi connectivity index (χ3v) is 4.04. The lowest BCUT2D eigenvalue weighted by Crippen LogP contribution is -2.11. The van der Waals surface area contributed by atoms with Crippen molar-refractivity contribution in [2.45, 2.75) is 19.3 Å². The summed E-state index contributed by atoms with van der Waals surface area (Å²) in [5, 5.41) is 0.840. The Hall–Kier alpha value is -1.02. The molecule has 2 nitrogen and oxygen atoms in total. The molecule has 0 amide bonds. The fourth-order valence-corrected chi connectivity index (χ4v) is 3.21. The first-order valence-corrected chi connectivity index (χ1v) is 6.05. The number of fused-ring (bicyclic) bond motifs is 3. The highest BCUT2D eigenvalue weighted by atomic mass is 35.5. The van der Waals surface area contributed by atoms with E-state index in [0.29, 0.717) is 18.4 Å². The Morgan fingerprint density at radius 3 is 3.12 bits per heavy atom. The lowest BCUT2D eigenvalue weighted by Gasteiger charge is -2.08. The van der Waals surface area contributed by atoms with Crippen molar-refractivity contribution in [1.29, 1.82) is 0 Å². The number of benzene rings is 1. The molecular weight excluding hydrogens is 224 g/mol. The van der Waals surface area contributed by atoms with E-state index < -0.39 is 0 Å². The summed E-state index contributed by atoms with van der Waals surface area (Å²) in [5.41, 5.74) is 2.50. The maximum atomic E-state index is 11.7. The molecule has 3 rings (SSSR count). The van der Waals surface area contributed by atoms with Crippen molar-refractivity contribution in [3.8, 4) is 0 Å². The van der Waals surface area contributed by atoms with E-state index in [-0.39, 0.29) is 11.9 Å². The van der Waals surface area contributed by atoms with Crippen molar-refractivity contribution in [3.05, 3.63) is 34.3 Å². The van der Waals surface area contributed by atoms with E-state index in [4.69, 9.17) is 16.3 Å². The van der Waals surface area contributed by atoms with E-state index in [0.717, 1.165) is 11.4 Å². The molecule has 2 aliphatic rings. The van der Waals surface area contributed by atoms with E-state index in [1.807, 2.05) is 19.1 Å². The molecule has 0 aliphatic heterocycles. The Bertz CT molecular complexity index is 455. The molecule has 3 atom stereocenters. The third-order valence-electron chi connectivity index (χ3n) is 3.68. The minimum absolute atomic E-state index is 0.0388. The monoisotopic (exact) mass is 236 g/mol. The van der Waals surface area contributed by atoms with Gasteiger partial charge in [-0.1, -0.05) is 23.7 Å². The first-order chi connectivity index (χ1) is 7.74. The maximum absolute atomic E-state index is 11.7. The van der Waals surface area contributed by atoms with E-state index in [1.165, 1.54) is 11.1 Å². The van der Waals surface area contributed by atoms with Gasteiger partial charge in [-0.25, -0.2) is 0 Å². The van der Waals surface area contributed by atoms with Gasteiger partial charge in [-0.15, -0.1) is 0 Å². The van der Waals surface area contributed by atoms with Crippen LogP contribution in [0.15, 0.2) is 18.2 Å². The molecule has 1 fully saturated rings. The Kier molecular flexibility index (Phi) is 2.21. The standard InChI is InChI=1S/C13H13ClO2/c1-2-16-13(15)12-9-6-8-7(11(9)12)4-3-5-10(8)14/h3-5,9,11-12H,2,6H2,1H3/t9-,11+,12+/m0/s1. The number of rotatable bonds is 2. The second-order valence-corrected chi connectivity index (χ2v) is 4.89. The van der Waals surface area contributed by atoms with Crippen LogP contribution in [0, 0.1) is 11.8 Å². The van der Waals surface area contributed by atoms with E-state index in [1.54, 1.807) is 0 Å². The van der Waals surface area contributed by atoms with Gasteiger partial charge >= 0.3 is 5.97 Å². The fraction of sp³-hybridized carbons (Fsp3) is 0.462. The Morgan fingerprint density at radius 1 is 1.56 bits per heavy atom. The Labute approximate surface area is 99.6 Å². The van der Waals surface area contributed by atoms with Gasteiger partial charge in [-0.05, 0) is 36.5 Å². The van der Waals surface area contributed by atoms with Crippen molar-refractivity contribution < 1.29 is 9.53 Å². The first kappa shape index (κ1) is 10.2. The number of carbonyl (C=O) groups excluding carboxylic acids is 1. The van der Waals surface area contributed by atoms with Crippen molar-refractivity contribution in [2.75, 3.05) is 6.61 Å². The third kappa shape index (κ3) is 1.29. The highest BCUT2D eigenvalue weighted by molar-refractivity contribution is 6.31. The number of esters is 1. The summed E-state index contributed by atoms with van der Waals surface area (Å²) in [6, 6.07) is 5.97. The van der Waals surface area contributed by atoms with Gasteiger partial charge in [0.1, 0.15) is 0 Å². The van der Waals surface area contributed by atoms with Crippen LogP contribution in [0.4, 0.5) is 0 Å². The van der Waals surface area contributed by atoms with Crippen LogP contribution in [0.3, 0.4) is 0 Å². The highest BCUT2D eigenvalue weighted by Gasteiger charge is 2.60. The zero-order valence-corrected chi connectivity index (χ0v) is 9.83. The van der Waals surface area contributed by atoms with Crippen LogP contribution in [0.5, 0.6) is 0 Å². The number of ether oxygens (including phenoxy) is 1. The number of hydrogen-bond donors (Lipinski definition) is 0. The minimum Gasteiger partial charge on any atom is -0.466 e. The molecule has 0 aromatic heterocycles. The fourth-order valence-electron chi connectivity index (χ4n) is 2.95. The molecule has 0 N–H and O–H groups in total. The molecule has 0 saturated heterocycles. The summed E-state index contributed by atoms with van der Waals surface area (Å²) in [7, 11) is 0. The minimum atomic E-state index is -0.0388. The number of carbonyl (C=O) groups is 1. The molecule has 0 spiro atoms. The largest absolute Gasteiger partial charge is 0.466 e. The summed E-state index contributed by atoms with van der Waals surface area (Å²) >= 11 is 6.13. The van der Waals surface area contributed by atoms with Gasteiger partial charge in [0.05, 0.1) is 12.5 Å². The van der Waals surface area contributed by atoms with Crippen molar-refractivity contribution in [1.82, 2.24) is 0 Å². The van der Waals surface area contributed by atoms with Crippen LogP contribution < -0.4 is 0 Å². The topological polar surface area (TPSA) is 26.3 Å². The maximum Gasteiger partial charge on any atom is 0.309 e. The van der Waals surface area contributed by atoms with Crippen molar-refractivity contribution >= 4 is 17.6 Å². The first-order valence-electron chi connectivity index (χ1n) is 5.68. The molecule has 3 heteroatoms. The van der Waals surface area contributed by atoms with Crippen LogP contribution in [0.2, 0.25) is 5.02 Å². The Morgan fingerprint density at radius 2 is 2.38 bits per heavy atom. The van der Waals surface area contributed by atoms with Crippen LogP contribution in [0.25, 0.3) is 0 Å². The molecule has 0 radical (unpaired) electrons. The van der Waals surface area contributed by atoms with Crippen LogP contribution >= 0.6 is 11.6 Å². The summed E-state index contributed by atoms with van der Waals surface area (Å²) in [4.78, 5) is 11.7. The molecule has 0 heterocycles. The second kappa shape index (κ2) is 3.49. The quantitative estimate of drug-likeness (QED) is 0.739. The zero-order chi connectivity index (χ0) is 11.3. The van der Waals surface area contributed by atoms with Gasteiger partial charge in [0.25, 0.3) is 0 Å². The van der Waals surface area contributed by atoms with Gasteiger partial charge in [0.2, 0.25) is 0 Å². The molecule has 1 aromatic rings. The zero-order valence-electron chi connectivity index (χ0n) is 9.07. The van der Waals surface area contributed by atoms with Crippen molar-refractivity contribution in [2.24, 2.45) is 11.8 Å². The van der Waals surface area contributed by atoms with Gasteiger partial charge < -0.3 is 4.74 Å². The molecule has 0 unspecified atom stereocenters. The van der Waals surface area contributed by atoms with Crippen LogP contribution in [-0.4, -0.2) is 12.6 Å². The SMILES string of the molecule is CCOC(=O)[C@@H]1[C@H]2Cc3c(Cl)cccc3[C@H]21. The molecule has 84 valence electrons. The van der Waals surface area contributed by atoms with Gasteiger partial charge in [-0.3, -0.25) is 4.79 Å². The van der Waals surface area contributed by atoms with E-state index in [9.17, 15) is 4.79 Å². The van der Waals surface area contributed by atoms with E-state index >= 15 is 0 Å². The van der Waals surface area contributed by atoms with Crippen LogP contribution in [-0.2, 0) is 16.0 Å². The molecule has 2 aliphatic carbocycles. The predicted octanol–water partition coefficient (Wildman–Crippen LogP) is 2.79. The molecular formula is C13H13ClO2. The van der Waals surface area contributed by atoms with Gasteiger partial charge in [0.15, 0.2) is 0 Å². The average molecular weight is 237 g/mol. The van der Waals surface area contributed by atoms with Crippen LogP contribution in [0.1, 0.15) is 24.0 Å². The lowest BCUT2D eigenvalue weighted by atomic mass is 10.0. The normalized spacial score (nSPS) is 29.5. The number of hydrogen-bond acceptors (Lipinski definition) is 2. The average Bonchev–Trinajstić information content (AvgIpc) is 2.85. The van der Waals surface area contributed by atoms with Gasteiger partial charge in [-0.2, -0.15) is 0 Å². The Balaban J connectivity index is 1.85. The predicted molar refractivity (Wildman–Crippen MR) is 61.5 cm³/mol. The molecule has 0 bridgehead atoms. The lowest BCUT2D eigenvalue weighted by molar-refractivity contribution is -0.145. The molecule has 16 heavy (non-hydrogen) atoms. The smallest absolute Gasteiger partial charge is 0.309 e. The molecule has 1 saturated carbocycles. The van der Waals surface area contributed by atoms with E-state index in [2.05, 4.69) is 6.07 Å². The number of halogens is 1. The van der Waals surface area contributed by atoms with Gasteiger partial charge in [0, 0.05) is 10.9 Å². The summed E-state index contributed by atoms with van der Waals surface area (Å²) in [6.45, 7) is 2.32. The second-order valence-electron chi connectivity index (χ2n) is 4.48. The summed E-state index contributed by atoms with van der Waals surface area (Å²) in [6.07, 6.45) is 0.934. The van der Waals surface area contributed by atoms with Crippen molar-refractivity contribution in [3.63, 3.8) is 0 Å². The summed E-state index contributed by atoms with van der Waals surface area (Å²) < 4.78 is 5.08. The summed E-state index contributed by atoms with van der Waals surface area (Å²) in [5.74, 6) is 0.857. The highest BCUT2D eigenvalue weighted by Crippen LogP contribution is 2.62.